The van der Waals surface area contributed by atoms with Crippen LogP contribution in [-0.2, 0) is 9.59 Å². The van der Waals surface area contributed by atoms with Crippen LogP contribution in [0.15, 0.2) is 63.7 Å². The molecule has 0 aromatic rings. The van der Waals surface area contributed by atoms with Gasteiger partial charge in [0, 0.05) is 30.0 Å². The lowest BCUT2D eigenvalue weighted by Gasteiger charge is -2.38. The molecule has 1 heterocycles. The molecule has 7 heteroatoms. The quantitative estimate of drug-likeness (QED) is 0.278. The standard InChI is InChI=1S/C27H36Cl2N2O2S/c1-6-21(17-23(29)19(2)28)24(32)18-34-26-30-20(3)22-13-10-12-16-27(22,4)15-11-8-7-9-14-25(33)31(26)5/h6,10,12-13,16-17,20,22H,1,7-9,11,14-15,18H2,2-5H3/b21-17+,23-19-,30-26+. The zero-order valence-electron chi connectivity index (χ0n) is 20.7. The summed E-state index contributed by atoms with van der Waals surface area (Å²) in [5, 5.41) is 1.26. The van der Waals surface area contributed by atoms with Gasteiger partial charge in [-0.05, 0) is 38.2 Å². The summed E-state index contributed by atoms with van der Waals surface area (Å²) in [5.74, 6) is 0.201. The van der Waals surface area contributed by atoms with Crippen molar-refractivity contribution in [3.8, 4) is 0 Å². The summed E-state index contributed by atoms with van der Waals surface area (Å²) >= 11 is 13.3. The molecule has 0 aromatic heterocycles. The van der Waals surface area contributed by atoms with Crippen molar-refractivity contribution in [1.82, 2.24) is 4.90 Å². The Morgan fingerprint density at radius 1 is 1.29 bits per heavy atom. The normalized spacial score (nSPS) is 29.1. The van der Waals surface area contributed by atoms with Crippen molar-refractivity contribution in [3.63, 3.8) is 0 Å². The molecule has 3 atom stereocenters. The minimum Gasteiger partial charge on any atom is -0.295 e. The van der Waals surface area contributed by atoms with E-state index in [0.29, 0.717) is 27.2 Å². The van der Waals surface area contributed by atoms with Gasteiger partial charge in [-0.15, -0.1) is 0 Å². The number of hydrogen-bond donors (Lipinski definition) is 0. The van der Waals surface area contributed by atoms with E-state index in [0.717, 1.165) is 32.1 Å². The molecule has 3 unspecified atom stereocenters. The fourth-order valence-electron chi connectivity index (χ4n) is 4.34. The van der Waals surface area contributed by atoms with E-state index in [1.165, 1.54) is 23.9 Å². The fraction of sp³-hybridized carbons (Fsp3) is 0.519. The topological polar surface area (TPSA) is 49.7 Å². The molecule has 0 aromatic carbocycles. The maximum absolute atomic E-state index is 12.9. The second-order valence-electron chi connectivity index (χ2n) is 9.19. The van der Waals surface area contributed by atoms with E-state index in [-0.39, 0.29) is 34.8 Å². The largest absolute Gasteiger partial charge is 0.295 e. The summed E-state index contributed by atoms with van der Waals surface area (Å²) in [4.78, 5) is 32.4. The van der Waals surface area contributed by atoms with Crippen LogP contribution in [0.1, 0.15) is 59.3 Å². The molecule has 0 saturated carbocycles. The van der Waals surface area contributed by atoms with E-state index in [4.69, 9.17) is 28.2 Å². The average Bonchev–Trinajstić information content (AvgIpc) is 2.81. The maximum atomic E-state index is 12.9. The lowest BCUT2D eigenvalue weighted by molar-refractivity contribution is -0.126. The van der Waals surface area contributed by atoms with Crippen LogP contribution in [0, 0.1) is 11.3 Å². The van der Waals surface area contributed by atoms with Gasteiger partial charge in [-0.1, -0.05) is 98.1 Å². The lowest BCUT2D eigenvalue weighted by atomic mass is 9.68. The fourth-order valence-corrected chi connectivity index (χ4v) is 5.48. The summed E-state index contributed by atoms with van der Waals surface area (Å²) in [6.45, 7) is 9.78. The molecule has 0 fully saturated rings. The molecule has 186 valence electrons. The van der Waals surface area contributed by atoms with Crippen molar-refractivity contribution in [1.29, 1.82) is 0 Å². The first-order chi connectivity index (χ1) is 16.1. The van der Waals surface area contributed by atoms with Crippen LogP contribution in [0.2, 0.25) is 0 Å². The number of thioether (sulfide) groups is 1. The summed E-state index contributed by atoms with van der Waals surface area (Å²) in [6, 6.07) is -0.0505. The van der Waals surface area contributed by atoms with E-state index >= 15 is 0 Å². The molecule has 34 heavy (non-hydrogen) atoms. The van der Waals surface area contributed by atoms with Gasteiger partial charge in [0.2, 0.25) is 5.91 Å². The number of carbonyl (C=O) groups is 2. The Morgan fingerprint density at radius 3 is 2.68 bits per heavy atom. The van der Waals surface area contributed by atoms with Crippen LogP contribution in [0.25, 0.3) is 0 Å². The van der Waals surface area contributed by atoms with E-state index in [2.05, 4.69) is 44.7 Å². The summed E-state index contributed by atoms with van der Waals surface area (Å²) in [6.07, 6.45) is 17.4. The highest BCUT2D eigenvalue weighted by Crippen LogP contribution is 2.41. The van der Waals surface area contributed by atoms with Crippen molar-refractivity contribution >= 4 is 51.8 Å². The van der Waals surface area contributed by atoms with E-state index in [1.54, 1.807) is 18.9 Å². The van der Waals surface area contributed by atoms with Gasteiger partial charge in [-0.25, -0.2) is 0 Å². The SMILES string of the molecule is C=C/C(=C\C(Cl)=C(/C)Cl)C(=O)CS/C1=N/C(C)C2C=CC=CC2(C)CCCCCCC(=O)N1C. The Morgan fingerprint density at radius 2 is 2.00 bits per heavy atom. The summed E-state index contributed by atoms with van der Waals surface area (Å²) in [7, 11) is 1.75. The monoisotopic (exact) mass is 522 g/mol. The number of aliphatic imine (C=N–C) groups is 1. The lowest BCUT2D eigenvalue weighted by Crippen LogP contribution is -2.36. The third-order valence-corrected chi connectivity index (χ3v) is 8.24. The van der Waals surface area contributed by atoms with Gasteiger partial charge in [0.1, 0.15) is 0 Å². The molecule has 0 spiro atoms. The van der Waals surface area contributed by atoms with Crippen LogP contribution in [0.5, 0.6) is 0 Å². The Labute approximate surface area is 218 Å². The van der Waals surface area contributed by atoms with Crippen molar-refractivity contribution in [3.05, 3.63) is 58.7 Å². The average molecular weight is 524 g/mol. The minimum absolute atomic E-state index is 0.0150. The number of ketones is 1. The molecule has 1 aliphatic carbocycles. The third-order valence-electron chi connectivity index (χ3n) is 6.50. The van der Waals surface area contributed by atoms with Crippen molar-refractivity contribution < 1.29 is 9.59 Å². The molecule has 2 aliphatic rings. The van der Waals surface area contributed by atoms with Gasteiger partial charge < -0.3 is 0 Å². The molecule has 0 radical (unpaired) electrons. The zero-order valence-corrected chi connectivity index (χ0v) is 23.0. The Bertz CT molecular complexity index is 931. The Kier molecular flexibility index (Phi) is 11.4. The number of Topliss-reactive ketones (excluding diaryl/α,β-unsaturated/α-hetero) is 1. The van der Waals surface area contributed by atoms with Gasteiger partial charge in [0.25, 0.3) is 0 Å². The highest BCUT2D eigenvalue weighted by atomic mass is 35.5. The number of halogens is 2. The molecule has 0 N–H and O–H groups in total. The molecule has 2 rings (SSSR count). The minimum atomic E-state index is -0.152. The second kappa shape index (κ2) is 13.5. The molecule has 0 bridgehead atoms. The van der Waals surface area contributed by atoms with Gasteiger partial charge in [0.15, 0.2) is 11.0 Å². The number of nitrogens with zero attached hydrogens (tertiary/aromatic N) is 2. The van der Waals surface area contributed by atoms with E-state index in [9.17, 15) is 9.59 Å². The molecule has 1 aliphatic heterocycles. The summed E-state index contributed by atoms with van der Waals surface area (Å²) < 4.78 is 0. The first kappa shape index (κ1) is 28.7. The molecular weight excluding hydrogens is 487 g/mol. The van der Waals surface area contributed by atoms with Crippen molar-refractivity contribution in [2.45, 2.75) is 65.3 Å². The summed E-state index contributed by atoms with van der Waals surface area (Å²) in [5.41, 5.74) is 0.388. The van der Waals surface area contributed by atoms with Gasteiger partial charge in [0.05, 0.1) is 16.8 Å². The number of fused-ring (bicyclic) bond motifs is 1. The first-order valence-electron chi connectivity index (χ1n) is 11.8. The van der Waals surface area contributed by atoms with Crippen LogP contribution < -0.4 is 0 Å². The smallest absolute Gasteiger partial charge is 0.228 e. The van der Waals surface area contributed by atoms with Crippen molar-refractivity contribution in [2.24, 2.45) is 16.3 Å². The maximum Gasteiger partial charge on any atom is 0.228 e. The number of allylic oxidation sites excluding steroid dienone is 8. The first-order valence-corrected chi connectivity index (χ1v) is 13.6. The predicted molar refractivity (Wildman–Crippen MR) is 147 cm³/mol. The van der Waals surface area contributed by atoms with E-state index < -0.39 is 0 Å². The number of rotatable bonds is 5. The van der Waals surface area contributed by atoms with Gasteiger partial charge >= 0.3 is 0 Å². The van der Waals surface area contributed by atoms with E-state index in [1.807, 2.05) is 0 Å². The Hall–Kier alpha value is -1.56. The van der Waals surface area contributed by atoms with Crippen molar-refractivity contribution in [2.75, 3.05) is 12.8 Å². The highest BCUT2D eigenvalue weighted by molar-refractivity contribution is 8.14. The number of amidine groups is 1. The number of amides is 1. The molecule has 1 amide bonds. The highest BCUT2D eigenvalue weighted by Gasteiger charge is 2.35. The number of carbonyl (C=O) groups excluding carboxylic acids is 2. The number of hydrogen-bond acceptors (Lipinski definition) is 4. The predicted octanol–water partition coefficient (Wildman–Crippen LogP) is 7.42. The Balaban J connectivity index is 2.33. The second-order valence-corrected chi connectivity index (χ2v) is 11.1. The van der Waals surface area contributed by atoms with Gasteiger partial charge in [-0.3, -0.25) is 19.5 Å². The molecule has 0 saturated heterocycles. The van der Waals surface area contributed by atoms with Crippen LogP contribution in [-0.4, -0.2) is 40.6 Å². The van der Waals surface area contributed by atoms with Crippen LogP contribution in [0.4, 0.5) is 0 Å². The molecule has 4 nitrogen and oxygen atoms in total. The third kappa shape index (κ3) is 8.00. The van der Waals surface area contributed by atoms with Crippen LogP contribution >= 0.6 is 35.0 Å². The van der Waals surface area contributed by atoms with Crippen LogP contribution in [0.3, 0.4) is 0 Å². The molecular formula is C27H36Cl2N2O2S. The zero-order chi connectivity index (χ0) is 25.3. The van der Waals surface area contributed by atoms with Gasteiger partial charge in [-0.2, -0.15) is 0 Å².